The lowest BCUT2D eigenvalue weighted by Crippen LogP contribution is -1.92. The summed E-state index contributed by atoms with van der Waals surface area (Å²) in [5.74, 6) is 0. The normalized spacial score (nSPS) is 10.7. The van der Waals surface area contributed by atoms with Gasteiger partial charge in [0.1, 0.15) is 0 Å². The Morgan fingerprint density at radius 2 is 1.44 bits per heavy atom. The smallest absolute Gasteiger partial charge is 0.0456 e. The predicted octanol–water partition coefficient (Wildman–Crippen LogP) is 6.20. The van der Waals surface area contributed by atoms with E-state index in [4.69, 9.17) is 46.4 Å². The van der Waals surface area contributed by atoms with Crippen LogP contribution in [-0.2, 0) is 6.42 Å². The Labute approximate surface area is 126 Å². The fraction of sp³-hybridized carbons (Fsp3) is 0.143. The van der Waals surface area contributed by atoms with Crippen LogP contribution in [0.3, 0.4) is 0 Å². The summed E-state index contributed by atoms with van der Waals surface area (Å²) >= 11 is 24.3. The van der Waals surface area contributed by atoms with E-state index in [1.807, 2.05) is 31.2 Å². The van der Waals surface area contributed by atoms with Crippen molar-refractivity contribution in [1.82, 2.24) is 0 Å². The maximum absolute atomic E-state index is 6.21. The molecule has 18 heavy (non-hydrogen) atoms. The molecule has 0 aliphatic rings. The molecule has 94 valence electrons. The molecule has 0 unspecified atom stereocenters. The highest BCUT2D eigenvalue weighted by Gasteiger charge is 2.08. The van der Waals surface area contributed by atoms with Crippen LogP contribution in [0, 0.1) is 6.92 Å². The van der Waals surface area contributed by atoms with Crippen LogP contribution in [0.15, 0.2) is 30.3 Å². The maximum atomic E-state index is 6.21. The van der Waals surface area contributed by atoms with Crippen LogP contribution in [-0.4, -0.2) is 0 Å². The topological polar surface area (TPSA) is 0 Å². The van der Waals surface area contributed by atoms with Gasteiger partial charge in [-0.25, -0.2) is 0 Å². The minimum Gasteiger partial charge on any atom is -0.0843 e. The van der Waals surface area contributed by atoms with Gasteiger partial charge in [-0.2, -0.15) is 0 Å². The molecule has 0 aliphatic heterocycles. The lowest BCUT2D eigenvalue weighted by molar-refractivity contribution is 1.19. The standard InChI is InChI=1S/C14H10Cl4/c1-8-4-13(17)10(6-12(8)16)5-9-2-3-11(15)7-14(9)18/h2-4,6-7H,5H2,1H3. The van der Waals surface area contributed by atoms with E-state index in [1.54, 1.807) is 6.07 Å². The first-order valence-electron chi connectivity index (χ1n) is 5.36. The van der Waals surface area contributed by atoms with E-state index in [2.05, 4.69) is 0 Å². The molecule has 0 bridgehead atoms. The molecule has 4 heteroatoms. The van der Waals surface area contributed by atoms with Gasteiger partial charge in [0.15, 0.2) is 0 Å². The van der Waals surface area contributed by atoms with Crippen molar-refractivity contribution in [3.05, 3.63) is 67.1 Å². The van der Waals surface area contributed by atoms with Crippen molar-refractivity contribution in [2.45, 2.75) is 13.3 Å². The van der Waals surface area contributed by atoms with E-state index < -0.39 is 0 Å². The van der Waals surface area contributed by atoms with Crippen LogP contribution >= 0.6 is 46.4 Å². The van der Waals surface area contributed by atoms with E-state index in [9.17, 15) is 0 Å². The number of aryl methyl sites for hydroxylation is 1. The highest BCUT2D eigenvalue weighted by Crippen LogP contribution is 2.29. The Balaban J connectivity index is 2.37. The molecule has 0 atom stereocenters. The van der Waals surface area contributed by atoms with E-state index in [-0.39, 0.29) is 0 Å². The Bertz CT molecular complexity index is 591. The van der Waals surface area contributed by atoms with Gasteiger partial charge >= 0.3 is 0 Å². The molecule has 0 saturated carbocycles. The van der Waals surface area contributed by atoms with Gasteiger partial charge in [0.2, 0.25) is 0 Å². The van der Waals surface area contributed by atoms with Crippen LogP contribution in [0.2, 0.25) is 20.1 Å². The van der Waals surface area contributed by atoms with Gasteiger partial charge in [0, 0.05) is 26.5 Å². The van der Waals surface area contributed by atoms with Crippen LogP contribution in [0.25, 0.3) is 0 Å². The summed E-state index contributed by atoms with van der Waals surface area (Å²) in [7, 11) is 0. The first-order valence-corrected chi connectivity index (χ1v) is 6.87. The number of halogens is 4. The summed E-state index contributed by atoms with van der Waals surface area (Å²) in [6.07, 6.45) is 0.634. The van der Waals surface area contributed by atoms with Crippen molar-refractivity contribution in [2.75, 3.05) is 0 Å². The second kappa shape index (κ2) is 5.71. The van der Waals surface area contributed by atoms with Gasteiger partial charge in [-0.3, -0.25) is 0 Å². The minimum absolute atomic E-state index is 0.622. The molecule has 0 aromatic heterocycles. The molecule has 0 spiro atoms. The largest absolute Gasteiger partial charge is 0.0843 e. The molecule has 2 rings (SSSR count). The molecule has 0 heterocycles. The van der Waals surface area contributed by atoms with Gasteiger partial charge in [0.25, 0.3) is 0 Å². The van der Waals surface area contributed by atoms with Crippen molar-refractivity contribution >= 4 is 46.4 Å². The zero-order chi connectivity index (χ0) is 13.3. The Kier molecular flexibility index (Phi) is 4.45. The third-order valence-electron chi connectivity index (χ3n) is 2.72. The molecule has 0 nitrogen and oxygen atoms in total. The molecule has 0 aliphatic carbocycles. The average Bonchev–Trinajstić information content (AvgIpc) is 2.29. The zero-order valence-corrected chi connectivity index (χ0v) is 12.6. The van der Waals surface area contributed by atoms with Crippen LogP contribution in [0.1, 0.15) is 16.7 Å². The number of benzene rings is 2. The lowest BCUT2D eigenvalue weighted by Gasteiger charge is -2.09. The van der Waals surface area contributed by atoms with E-state index >= 15 is 0 Å². The van der Waals surface area contributed by atoms with E-state index in [0.717, 1.165) is 16.7 Å². The summed E-state index contributed by atoms with van der Waals surface area (Å²) in [5.41, 5.74) is 2.90. The third-order valence-corrected chi connectivity index (χ3v) is 4.07. The van der Waals surface area contributed by atoms with Crippen molar-refractivity contribution in [3.63, 3.8) is 0 Å². The van der Waals surface area contributed by atoms with Crippen LogP contribution < -0.4 is 0 Å². The van der Waals surface area contributed by atoms with E-state index in [0.29, 0.717) is 26.5 Å². The van der Waals surface area contributed by atoms with Crippen molar-refractivity contribution in [3.8, 4) is 0 Å². The van der Waals surface area contributed by atoms with Crippen molar-refractivity contribution < 1.29 is 0 Å². The van der Waals surface area contributed by atoms with Crippen molar-refractivity contribution in [1.29, 1.82) is 0 Å². The average molecular weight is 320 g/mol. The molecule has 0 fully saturated rings. The zero-order valence-electron chi connectivity index (χ0n) is 9.61. The lowest BCUT2D eigenvalue weighted by atomic mass is 10.0. The summed E-state index contributed by atoms with van der Waals surface area (Å²) in [6.45, 7) is 1.92. The molecular weight excluding hydrogens is 310 g/mol. The molecule has 0 saturated heterocycles. The Hall–Kier alpha value is -0.400. The van der Waals surface area contributed by atoms with E-state index in [1.165, 1.54) is 0 Å². The number of hydrogen-bond acceptors (Lipinski definition) is 0. The summed E-state index contributed by atoms with van der Waals surface area (Å²) in [5, 5.41) is 2.66. The number of hydrogen-bond donors (Lipinski definition) is 0. The molecule has 0 amide bonds. The SMILES string of the molecule is Cc1cc(Cl)c(Cc2ccc(Cl)cc2Cl)cc1Cl. The Morgan fingerprint density at radius 3 is 2.11 bits per heavy atom. The van der Waals surface area contributed by atoms with Gasteiger partial charge in [-0.1, -0.05) is 52.5 Å². The summed E-state index contributed by atoms with van der Waals surface area (Å²) in [6, 6.07) is 9.18. The first-order chi connectivity index (χ1) is 8.47. The van der Waals surface area contributed by atoms with Gasteiger partial charge in [0.05, 0.1) is 0 Å². The van der Waals surface area contributed by atoms with Crippen molar-refractivity contribution in [2.24, 2.45) is 0 Å². The molecule has 2 aromatic carbocycles. The third kappa shape index (κ3) is 3.13. The second-order valence-corrected chi connectivity index (χ2v) is 5.76. The monoisotopic (exact) mass is 318 g/mol. The predicted molar refractivity (Wildman–Crippen MR) is 80.5 cm³/mol. The first kappa shape index (κ1) is 14.0. The summed E-state index contributed by atoms with van der Waals surface area (Å²) in [4.78, 5) is 0. The van der Waals surface area contributed by atoms with Gasteiger partial charge in [-0.15, -0.1) is 0 Å². The second-order valence-electron chi connectivity index (χ2n) is 4.11. The highest BCUT2D eigenvalue weighted by atomic mass is 35.5. The fourth-order valence-electron chi connectivity index (χ4n) is 1.69. The number of rotatable bonds is 2. The van der Waals surface area contributed by atoms with Crippen LogP contribution in [0.5, 0.6) is 0 Å². The molecule has 0 N–H and O–H groups in total. The van der Waals surface area contributed by atoms with Gasteiger partial charge in [-0.05, 0) is 47.9 Å². The Morgan fingerprint density at radius 1 is 0.778 bits per heavy atom. The quantitative estimate of drug-likeness (QED) is 0.618. The van der Waals surface area contributed by atoms with Gasteiger partial charge < -0.3 is 0 Å². The highest BCUT2D eigenvalue weighted by molar-refractivity contribution is 6.35. The fourth-order valence-corrected chi connectivity index (χ4v) is 2.64. The van der Waals surface area contributed by atoms with Crippen LogP contribution in [0.4, 0.5) is 0 Å². The molecular formula is C14H10Cl4. The maximum Gasteiger partial charge on any atom is 0.0456 e. The summed E-state index contributed by atoms with van der Waals surface area (Å²) < 4.78 is 0. The molecule has 0 radical (unpaired) electrons. The molecule has 2 aromatic rings. The minimum atomic E-state index is 0.622.